The molecule has 1 heterocycles. The van der Waals surface area contributed by atoms with Crippen LogP contribution < -0.4 is 15.6 Å². The van der Waals surface area contributed by atoms with Crippen LogP contribution in [0.15, 0.2) is 64.5 Å². The SMILES string of the molecule is CCOC(=O)c1cccc(NC(=O)C(CC)Sc2nc(-c3ccc(OC)cc3)cc(=O)[nH]2)c1. The number of aromatic nitrogens is 2. The minimum Gasteiger partial charge on any atom is -0.497 e. The Bertz CT molecular complexity index is 1180. The summed E-state index contributed by atoms with van der Waals surface area (Å²) >= 11 is 1.17. The molecule has 3 aromatic rings. The number of H-pyrrole nitrogens is 1. The lowest BCUT2D eigenvalue weighted by Crippen LogP contribution is -2.25. The van der Waals surface area contributed by atoms with E-state index in [0.717, 1.165) is 5.56 Å². The number of ether oxygens (including phenoxy) is 2. The van der Waals surface area contributed by atoms with Crippen LogP contribution in [0.1, 0.15) is 30.6 Å². The van der Waals surface area contributed by atoms with Gasteiger partial charge in [0.2, 0.25) is 5.91 Å². The molecule has 0 aliphatic rings. The maximum absolute atomic E-state index is 12.9. The highest BCUT2D eigenvalue weighted by atomic mass is 32.2. The largest absolute Gasteiger partial charge is 0.497 e. The van der Waals surface area contributed by atoms with Crippen LogP contribution in [0.3, 0.4) is 0 Å². The van der Waals surface area contributed by atoms with E-state index in [9.17, 15) is 14.4 Å². The van der Waals surface area contributed by atoms with Crippen molar-refractivity contribution in [1.29, 1.82) is 0 Å². The normalized spacial score (nSPS) is 11.5. The van der Waals surface area contributed by atoms with Crippen molar-refractivity contribution in [3.8, 4) is 17.0 Å². The number of amides is 1. The highest BCUT2D eigenvalue weighted by molar-refractivity contribution is 8.00. The Morgan fingerprint density at radius 1 is 1.12 bits per heavy atom. The lowest BCUT2D eigenvalue weighted by atomic mass is 10.1. The molecule has 0 saturated heterocycles. The smallest absolute Gasteiger partial charge is 0.338 e. The highest BCUT2D eigenvalue weighted by Crippen LogP contribution is 2.26. The van der Waals surface area contributed by atoms with Gasteiger partial charge in [0.25, 0.3) is 5.56 Å². The minimum atomic E-state index is -0.509. The fourth-order valence-electron chi connectivity index (χ4n) is 3.02. The average Bonchev–Trinajstić information content (AvgIpc) is 2.82. The van der Waals surface area contributed by atoms with Gasteiger partial charge in [-0.25, -0.2) is 9.78 Å². The van der Waals surface area contributed by atoms with Crippen LogP contribution in [0.25, 0.3) is 11.3 Å². The second-order valence-electron chi connectivity index (χ2n) is 6.97. The van der Waals surface area contributed by atoms with Gasteiger partial charge in [0.1, 0.15) is 5.75 Å². The first-order valence-corrected chi connectivity index (χ1v) is 11.3. The topological polar surface area (TPSA) is 110 Å². The lowest BCUT2D eigenvalue weighted by molar-refractivity contribution is -0.115. The number of methoxy groups -OCH3 is 1. The van der Waals surface area contributed by atoms with Crippen LogP contribution in [-0.2, 0) is 9.53 Å². The molecular weight excluding hydrogens is 442 g/mol. The summed E-state index contributed by atoms with van der Waals surface area (Å²) in [5.74, 6) is -0.0129. The van der Waals surface area contributed by atoms with E-state index in [0.29, 0.717) is 34.3 Å². The predicted molar refractivity (Wildman–Crippen MR) is 128 cm³/mol. The second-order valence-corrected chi connectivity index (χ2v) is 8.16. The highest BCUT2D eigenvalue weighted by Gasteiger charge is 2.20. The maximum Gasteiger partial charge on any atom is 0.338 e. The van der Waals surface area contributed by atoms with Crippen molar-refractivity contribution >= 4 is 29.3 Å². The molecular formula is C24H25N3O5S. The van der Waals surface area contributed by atoms with Crippen molar-refractivity contribution in [2.24, 2.45) is 0 Å². The van der Waals surface area contributed by atoms with Crippen LogP contribution in [0, 0.1) is 0 Å². The number of nitrogens with zero attached hydrogens (tertiary/aromatic N) is 1. The van der Waals surface area contributed by atoms with Gasteiger partial charge in [-0.05, 0) is 55.8 Å². The summed E-state index contributed by atoms with van der Waals surface area (Å²) in [6.07, 6.45) is 0.505. The van der Waals surface area contributed by atoms with Gasteiger partial charge in [-0.1, -0.05) is 24.8 Å². The van der Waals surface area contributed by atoms with Gasteiger partial charge in [0, 0.05) is 17.3 Å². The van der Waals surface area contributed by atoms with Gasteiger partial charge >= 0.3 is 5.97 Å². The van der Waals surface area contributed by atoms with Crippen LogP contribution in [-0.4, -0.2) is 40.8 Å². The quantitative estimate of drug-likeness (QED) is 0.277. The van der Waals surface area contributed by atoms with Gasteiger partial charge in [-0.3, -0.25) is 9.59 Å². The first-order valence-electron chi connectivity index (χ1n) is 10.4. The van der Waals surface area contributed by atoms with Gasteiger partial charge in [-0.2, -0.15) is 0 Å². The molecule has 0 aliphatic carbocycles. The van der Waals surface area contributed by atoms with E-state index in [2.05, 4.69) is 15.3 Å². The number of hydrogen-bond donors (Lipinski definition) is 2. The van der Waals surface area contributed by atoms with E-state index in [1.807, 2.05) is 19.1 Å². The molecule has 0 spiro atoms. The zero-order valence-electron chi connectivity index (χ0n) is 18.6. The number of thioether (sulfide) groups is 1. The number of esters is 1. The molecule has 172 valence electrons. The predicted octanol–water partition coefficient (Wildman–Crippen LogP) is 4.13. The standard InChI is InChI=1S/C24H25N3O5S/c1-4-20(22(29)25-17-8-6-7-16(13-17)23(30)32-5-2)33-24-26-19(14-21(28)27-24)15-9-11-18(31-3)12-10-15/h6-14,20H,4-5H2,1-3H3,(H,25,29)(H,26,27,28). The van der Waals surface area contributed by atoms with Crippen LogP contribution in [0.5, 0.6) is 5.75 Å². The molecule has 0 saturated carbocycles. The lowest BCUT2D eigenvalue weighted by Gasteiger charge is -2.15. The van der Waals surface area contributed by atoms with E-state index in [1.165, 1.54) is 17.8 Å². The first kappa shape index (κ1) is 24.1. The van der Waals surface area contributed by atoms with Crippen molar-refractivity contribution < 1.29 is 19.1 Å². The molecule has 9 heteroatoms. The fraction of sp³-hybridized carbons (Fsp3) is 0.250. The average molecular weight is 468 g/mol. The van der Waals surface area contributed by atoms with E-state index >= 15 is 0 Å². The number of benzene rings is 2. The molecule has 8 nitrogen and oxygen atoms in total. The molecule has 1 amide bonds. The molecule has 0 bridgehead atoms. The molecule has 2 aromatic carbocycles. The van der Waals surface area contributed by atoms with Crippen molar-refractivity contribution in [3.63, 3.8) is 0 Å². The molecule has 1 aromatic heterocycles. The molecule has 3 rings (SSSR count). The first-order chi connectivity index (χ1) is 15.9. The zero-order chi connectivity index (χ0) is 23.8. The van der Waals surface area contributed by atoms with Crippen LogP contribution in [0.4, 0.5) is 5.69 Å². The van der Waals surface area contributed by atoms with Crippen molar-refractivity contribution in [2.45, 2.75) is 30.7 Å². The number of hydrogen-bond acceptors (Lipinski definition) is 7. The third-order valence-electron chi connectivity index (χ3n) is 4.66. The fourth-order valence-corrected chi connectivity index (χ4v) is 3.93. The van der Waals surface area contributed by atoms with E-state index < -0.39 is 11.2 Å². The Morgan fingerprint density at radius 2 is 1.88 bits per heavy atom. The van der Waals surface area contributed by atoms with Gasteiger partial charge in [0.05, 0.1) is 30.2 Å². The third-order valence-corrected chi connectivity index (χ3v) is 5.91. The third kappa shape index (κ3) is 6.45. The van der Waals surface area contributed by atoms with Gasteiger partial charge in [0.15, 0.2) is 5.16 Å². The minimum absolute atomic E-state index is 0.263. The van der Waals surface area contributed by atoms with E-state index in [4.69, 9.17) is 9.47 Å². The number of rotatable bonds is 9. The Kier molecular flexibility index (Phi) is 8.26. The summed E-state index contributed by atoms with van der Waals surface area (Å²) in [6, 6.07) is 15.2. The zero-order valence-corrected chi connectivity index (χ0v) is 19.4. The van der Waals surface area contributed by atoms with E-state index in [-0.39, 0.29) is 18.1 Å². The number of anilines is 1. The summed E-state index contributed by atoms with van der Waals surface area (Å²) in [5, 5.41) is 2.66. The Balaban J connectivity index is 1.75. The number of nitrogens with one attached hydrogen (secondary N) is 2. The van der Waals surface area contributed by atoms with Crippen molar-refractivity contribution in [3.05, 3.63) is 70.5 Å². The van der Waals surface area contributed by atoms with Crippen LogP contribution >= 0.6 is 11.8 Å². The van der Waals surface area contributed by atoms with Crippen molar-refractivity contribution in [2.75, 3.05) is 19.0 Å². The molecule has 33 heavy (non-hydrogen) atoms. The van der Waals surface area contributed by atoms with Crippen molar-refractivity contribution in [1.82, 2.24) is 9.97 Å². The molecule has 2 N–H and O–H groups in total. The Labute approximate surface area is 195 Å². The van der Waals surface area contributed by atoms with Crippen LogP contribution in [0.2, 0.25) is 0 Å². The Hall–Kier alpha value is -3.59. The molecule has 0 radical (unpaired) electrons. The molecule has 0 aliphatic heterocycles. The number of carbonyl (C=O) groups is 2. The summed E-state index contributed by atoms with van der Waals surface area (Å²) in [5.41, 5.74) is 1.79. The summed E-state index contributed by atoms with van der Waals surface area (Å²) in [7, 11) is 1.58. The van der Waals surface area contributed by atoms with Gasteiger partial charge < -0.3 is 19.8 Å². The summed E-state index contributed by atoms with van der Waals surface area (Å²) in [4.78, 5) is 44.3. The Morgan fingerprint density at radius 3 is 2.55 bits per heavy atom. The molecule has 1 unspecified atom stereocenters. The molecule has 0 fully saturated rings. The molecule has 1 atom stereocenters. The monoisotopic (exact) mass is 467 g/mol. The van der Waals surface area contributed by atoms with E-state index in [1.54, 1.807) is 50.4 Å². The maximum atomic E-state index is 12.9. The van der Waals surface area contributed by atoms with Gasteiger partial charge in [-0.15, -0.1) is 0 Å². The summed E-state index contributed by atoms with van der Waals surface area (Å²) in [6.45, 7) is 3.87. The number of aromatic amines is 1. The second kappa shape index (κ2) is 11.3. The number of carbonyl (C=O) groups excluding carboxylic acids is 2. The summed E-state index contributed by atoms with van der Waals surface area (Å²) < 4.78 is 10.2.